The van der Waals surface area contributed by atoms with Gasteiger partial charge in [0.1, 0.15) is 0 Å². The summed E-state index contributed by atoms with van der Waals surface area (Å²) >= 11 is 0. The highest BCUT2D eigenvalue weighted by Crippen LogP contribution is 2.56. The van der Waals surface area contributed by atoms with Crippen molar-refractivity contribution in [3.05, 3.63) is 216 Å². The van der Waals surface area contributed by atoms with E-state index in [1.807, 2.05) is 0 Å². The third-order valence-corrected chi connectivity index (χ3v) is 13.8. The normalized spacial score (nSPS) is 14.3. The van der Waals surface area contributed by atoms with E-state index in [2.05, 4.69) is 231 Å². The highest BCUT2D eigenvalue weighted by molar-refractivity contribution is 6.12. The van der Waals surface area contributed by atoms with E-state index in [-0.39, 0.29) is 10.8 Å². The van der Waals surface area contributed by atoms with Crippen molar-refractivity contribution in [2.24, 2.45) is 0 Å². The molecule has 0 atom stereocenters. The van der Waals surface area contributed by atoms with Gasteiger partial charge in [-0.25, -0.2) is 0 Å². The van der Waals surface area contributed by atoms with Crippen LogP contribution in [0.25, 0.3) is 71.6 Å². The first-order chi connectivity index (χ1) is 29.3. The second-order valence-electron chi connectivity index (χ2n) is 17.7. The van der Waals surface area contributed by atoms with E-state index in [0.717, 1.165) is 11.4 Å². The SMILES string of the molecule is CC1(C)c2ccccc2-c2ccc(N(c3ccccc3-c3cccc4c(-n5c6ccccc6c6ccccc65)cccc34)c3cccc4c3-c3ccccc3C4(C)C)cc21. The van der Waals surface area contributed by atoms with Gasteiger partial charge in [-0.15, -0.1) is 0 Å². The van der Waals surface area contributed by atoms with Crippen LogP contribution in [0.3, 0.4) is 0 Å². The average Bonchev–Trinajstić information content (AvgIpc) is 3.83. The monoisotopic (exact) mass is 768 g/mol. The minimum atomic E-state index is -0.140. The first-order valence-electron chi connectivity index (χ1n) is 21.2. The van der Waals surface area contributed by atoms with Crippen LogP contribution < -0.4 is 4.90 Å². The highest BCUT2D eigenvalue weighted by atomic mass is 15.1. The van der Waals surface area contributed by atoms with Gasteiger partial charge in [-0.05, 0) is 92.4 Å². The van der Waals surface area contributed by atoms with Crippen molar-refractivity contribution in [1.82, 2.24) is 4.57 Å². The summed E-state index contributed by atoms with van der Waals surface area (Å²) in [5.41, 5.74) is 20.0. The number of rotatable bonds is 5. The van der Waals surface area contributed by atoms with Gasteiger partial charge in [-0.3, -0.25) is 0 Å². The maximum absolute atomic E-state index is 2.56. The molecule has 1 aromatic heterocycles. The lowest BCUT2D eigenvalue weighted by Gasteiger charge is -2.32. The van der Waals surface area contributed by atoms with Gasteiger partial charge in [0.05, 0.1) is 28.1 Å². The fourth-order valence-electron chi connectivity index (χ4n) is 11.0. The molecule has 1 heterocycles. The molecule has 0 fully saturated rings. The molecule has 0 saturated carbocycles. The van der Waals surface area contributed by atoms with Crippen molar-refractivity contribution < 1.29 is 0 Å². The fourth-order valence-corrected chi connectivity index (χ4v) is 11.0. The molecule has 2 aliphatic rings. The Labute approximate surface area is 351 Å². The topological polar surface area (TPSA) is 8.17 Å². The Balaban J connectivity index is 1.12. The van der Waals surface area contributed by atoms with Crippen molar-refractivity contribution >= 4 is 49.6 Å². The summed E-state index contributed by atoms with van der Waals surface area (Å²) in [7, 11) is 0. The Bertz CT molecular complexity index is 3340. The lowest BCUT2D eigenvalue weighted by molar-refractivity contribution is 0.660. The van der Waals surface area contributed by atoms with Crippen LogP contribution in [0.1, 0.15) is 49.9 Å². The smallest absolute Gasteiger partial charge is 0.0543 e. The van der Waals surface area contributed by atoms with Crippen molar-refractivity contribution in [1.29, 1.82) is 0 Å². The van der Waals surface area contributed by atoms with Gasteiger partial charge >= 0.3 is 0 Å². The number of anilines is 3. The molecule has 12 rings (SSSR count). The van der Waals surface area contributed by atoms with Crippen LogP contribution in [-0.4, -0.2) is 4.57 Å². The standard InChI is InChI=1S/C58H44N2/c1-57(2)48-27-11-6-22-46(48)56-49(57)28-17-33-55(56)59(37-34-35-41-40-18-5-10-26-47(40)58(3,4)50(41)36-37)51-29-12-7-19-42(51)38-23-15-25-43-39(38)24-16-32-54(43)60-52-30-13-8-20-44(52)45-21-9-14-31-53(45)60/h5-36H,1-4H3. The van der Waals surface area contributed by atoms with E-state index < -0.39 is 0 Å². The zero-order valence-electron chi connectivity index (χ0n) is 34.4. The summed E-state index contributed by atoms with van der Waals surface area (Å²) in [5, 5.41) is 4.97. The van der Waals surface area contributed by atoms with Crippen LogP contribution in [0.5, 0.6) is 0 Å². The van der Waals surface area contributed by atoms with Crippen molar-refractivity contribution in [2.45, 2.75) is 38.5 Å². The number of para-hydroxylation sites is 3. The lowest BCUT2D eigenvalue weighted by Crippen LogP contribution is -2.18. The molecular formula is C58H44N2. The van der Waals surface area contributed by atoms with Gasteiger partial charge in [0.2, 0.25) is 0 Å². The molecule has 0 aliphatic heterocycles. The Morgan fingerprint density at radius 1 is 0.350 bits per heavy atom. The van der Waals surface area contributed by atoms with Gasteiger partial charge in [0.25, 0.3) is 0 Å². The highest BCUT2D eigenvalue weighted by Gasteiger charge is 2.39. The summed E-state index contributed by atoms with van der Waals surface area (Å²) in [5.74, 6) is 0. The van der Waals surface area contributed by atoms with Gasteiger partial charge < -0.3 is 9.47 Å². The molecule has 0 bridgehead atoms. The number of aromatic nitrogens is 1. The summed E-state index contributed by atoms with van der Waals surface area (Å²) < 4.78 is 2.45. The minimum Gasteiger partial charge on any atom is -0.309 e. The Morgan fingerprint density at radius 3 is 1.62 bits per heavy atom. The Hall–Kier alpha value is -7.16. The third-order valence-electron chi connectivity index (χ3n) is 13.8. The van der Waals surface area contributed by atoms with Crippen molar-refractivity contribution in [3.8, 4) is 39.1 Å². The zero-order chi connectivity index (χ0) is 40.3. The van der Waals surface area contributed by atoms with Crippen molar-refractivity contribution in [3.63, 3.8) is 0 Å². The van der Waals surface area contributed by atoms with E-state index in [9.17, 15) is 0 Å². The summed E-state index contributed by atoms with van der Waals surface area (Å²) in [4.78, 5) is 2.56. The minimum absolute atomic E-state index is 0.131. The molecule has 0 spiro atoms. The van der Waals surface area contributed by atoms with Gasteiger partial charge in [0, 0.05) is 43.8 Å². The van der Waals surface area contributed by atoms with Crippen molar-refractivity contribution in [2.75, 3.05) is 4.90 Å². The largest absolute Gasteiger partial charge is 0.309 e. The molecule has 2 aliphatic carbocycles. The maximum atomic E-state index is 2.56. The number of nitrogens with zero attached hydrogens (tertiary/aromatic N) is 2. The van der Waals surface area contributed by atoms with Crippen LogP contribution in [0.2, 0.25) is 0 Å². The van der Waals surface area contributed by atoms with Crippen LogP contribution in [0, 0.1) is 0 Å². The Kier molecular flexibility index (Phi) is 7.36. The molecule has 10 aromatic rings. The van der Waals surface area contributed by atoms with Crippen LogP contribution in [0.4, 0.5) is 17.1 Å². The van der Waals surface area contributed by atoms with E-state index in [4.69, 9.17) is 0 Å². The quantitative estimate of drug-likeness (QED) is 0.169. The molecule has 2 nitrogen and oxygen atoms in total. The van der Waals surface area contributed by atoms with Crippen LogP contribution in [-0.2, 0) is 10.8 Å². The van der Waals surface area contributed by atoms with Gasteiger partial charge in [-0.2, -0.15) is 0 Å². The van der Waals surface area contributed by atoms with Gasteiger partial charge in [0.15, 0.2) is 0 Å². The summed E-state index contributed by atoms with van der Waals surface area (Å²) in [6, 6.07) is 72.4. The maximum Gasteiger partial charge on any atom is 0.0543 e. The molecule has 0 radical (unpaired) electrons. The fraction of sp³-hybridized carbons (Fsp3) is 0.103. The molecule has 0 saturated heterocycles. The number of hydrogen-bond donors (Lipinski definition) is 0. The van der Waals surface area contributed by atoms with Gasteiger partial charge in [-0.1, -0.05) is 179 Å². The van der Waals surface area contributed by atoms with Crippen LogP contribution >= 0.6 is 0 Å². The lowest BCUT2D eigenvalue weighted by atomic mass is 9.82. The van der Waals surface area contributed by atoms with E-state index >= 15 is 0 Å². The molecule has 9 aromatic carbocycles. The molecule has 2 heteroatoms. The predicted molar refractivity (Wildman–Crippen MR) is 254 cm³/mol. The van der Waals surface area contributed by atoms with E-state index in [0.29, 0.717) is 0 Å². The first-order valence-corrected chi connectivity index (χ1v) is 21.2. The Morgan fingerprint density at radius 2 is 0.850 bits per heavy atom. The second-order valence-corrected chi connectivity index (χ2v) is 17.7. The molecule has 0 N–H and O–H groups in total. The van der Waals surface area contributed by atoms with E-state index in [1.165, 1.54) is 99.6 Å². The molecule has 0 amide bonds. The zero-order valence-corrected chi connectivity index (χ0v) is 34.4. The number of benzene rings is 9. The van der Waals surface area contributed by atoms with E-state index in [1.54, 1.807) is 0 Å². The molecule has 0 unspecified atom stereocenters. The molecule has 60 heavy (non-hydrogen) atoms. The summed E-state index contributed by atoms with van der Waals surface area (Å²) in [6.07, 6.45) is 0. The molecular weight excluding hydrogens is 725 g/mol. The molecule has 286 valence electrons. The third kappa shape index (κ3) is 4.76. The number of fused-ring (bicyclic) bond motifs is 10. The predicted octanol–water partition coefficient (Wildman–Crippen LogP) is 15.7. The van der Waals surface area contributed by atoms with Crippen LogP contribution in [0.15, 0.2) is 194 Å². The number of hydrogen-bond acceptors (Lipinski definition) is 1. The second kappa shape index (κ2) is 12.7. The average molecular weight is 769 g/mol. The summed E-state index contributed by atoms with van der Waals surface area (Å²) in [6.45, 7) is 9.51. The first kappa shape index (κ1) is 34.8.